The average Bonchev–Trinajstić information content (AvgIpc) is 3.04. The topological polar surface area (TPSA) is 94.3 Å². The van der Waals surface area contributed by atoms with Gasteiger partial charge in [0.05, 0.1) is 13.7 Å². The lowest BCUT2D eigenvalue weighted by molar-refractivity contribution is 0.0591. The Balaban J connectivity index is 2.17. The molecule has 0 unspecified atom stereocenters. The summed E-state index contributed by atoms with van der Waals surface area (Å²) in [5, 5.41) is 7.15. The van der Waals surface area contributed by atoms with Crippen LogP contribution in [0.2, 0.25) is 0 Å². The maximum Gasteiger partial charge on any atom is 0.358 e. The van der Waals surface area contributed by atoms with Crippen molar-refractivity contribution in [3.63, 3.8) is 0 Å². The Morgan fingerprint density at radius 3 is 2.89 bits per heavy atom. The molecule has 8 heteroatoms. The molecule has 0 bridgehead atoms. The Morgan fingerprint density at radius 1 is 1.53 bits per heavy atom. The van der Waals surface area contributed by atoms with Crippen LogP contribution in [-0.2, 0) is 11.3 Å². The normalized spacial score (nSPS) is 10.2. The van der Waals surface area contributed by atoms with Crippen LogP contribution in [0, 0.1) is 0 Å². The highest BCUT2D eigenvalue weighted by Crippen LogP contribution is 2.24. The van der Waals surface area contributed by atoms with Gasteiger partial charge in [-0.3, -0.25) is 4.79 Å². The van der Waals surface area contributed by atoms with Crippen molar-refractivity contribution in [2.24, 2.45) is 0 Å². The number of esters is 1. The van der Waals surface area contributed by atoms with E-state index in [-0.39, 0.29) is 16.4 Å². The van der Waals surface area contributed by atoms with Crippen molar-refractivity contribution in [3.8, 4) is 0 Å². The van der Waals surface area contributed by atoms with Crippen molar-refractivity contribution >= 4 is 28.2 Å². The standard InChI is InChI=1S/C11H11N3O4S/c1-6(15)9-8(10(16)17-2)13-11(19-9)12-5-7-3-4-18-14-7/h3-4H,5H2,1-2H3,(H,12,13). The number of carbonyl (C=O) groups is 2. The number of Topliss-reactive ketones (excluding diaryl/α,β-unsaturated/α-hetero) is 1. The van der Waals surface area contributed by atoms with E-state index >= 15 is 0 Å². The summed E-state index contributed by atoms with van der Waals surface area (Å²) in [7, 11) is 1.24. The van der Waals surface area contributed by atoms with Crippen molar-refractivity contribution in [1.82, 2.24) is 10.1 Å². The average molecular weight is 281 g/mol. The molecule has 0 fully saturated rings. The summed E-state index contributed by atoms with van der Waals surface area (Å²) in [6.45, 7) is 1.77. The van der Waals surface area contributed by atoms with Crippen LogP contribution < -0.4 is 5.32 Å². The molecular weight excluding hydrogens is 270 g/mol. The van der Waals surface area contributed by atoms with Crippen LogP contribution in [0.1, 0.15) is 32.8 Å². The van der Waals surface area contributed by atoms with E-state index in [1.165, 1.54) is 20.3 Å². The number of nitrogens with one attached hydrogen (secondary N) is 1. The van der Waals surface area contributed by atoms with E-state index in [0.717, 1.165) is 11.3 Å². The number of hydrogen-bond donors (Lipinski definition) is 1. The second-order valence-electron chi connectivity index (χ2n) is 3.59. The third-order valence-corrected chi connectivity index (χ3v) is 3.35. The molecule has 2 rings (SSSR count). The fraction of sp³-hybridized carbons (Fsp3) is 0.273. The van der Waals surface area contributed by atoms with E-state index in [2.05, 4.69) is 20.2 Å². The second-order valence-corrected chi connectivity index (χ2v) is 4.59. The van der Waals surface area contributed by atoms with E-state index < -0.39 is 5.97 Å². The number of carbonyl (C=O) groups excluding carboxylic acids is 2. The molecule has 7 nitrogen and oxygen atoms in total. The minimum Gasteiger partial charge on any atom is -0.464 e. The quantitative estimate of drug-likeness (QED) is 0.658. The first-order valence-electron chi connectivity index (χ1n) is 5.35. The van der Waals surface area contributed by atoms with Crippen LogP contribution in [0.25, 0.3) is 0 Å². The predicted octanol–water partition coefficient (Wildman–Crippen LogP) is 1.73. The van der Waals surface area contributed by atoms with Crippen molar-refractivity contribution in [2.45, 2.75) is 13.5 Å². The van der Waals surface area contributed by atoms with Gasteiger partial charge in [0.1, 0.15) is 16.8 Å². The van der Waals surface area contributed by atoms with Crippen LogP contribution in [0.4, 0.5) is 5.13 Å². The summed E-state index contributed by atoms with van der Waals surface area (Å²) < 4.78 is 9.28. The van der Waals surface area contributed by atoms with E-state index in [9.17, 15) is 9.59 Å². The van der Waals surface area contributed by atoms with Gasteiger partial charge < -0.3 is 14.6 Å². The van der Waals surface area contributed by atoms with E-state index in [1.807, 2.05) is 0 Å². The van der Waals surface area contributed by atoms with Crippen molar-refractivity contribution in [3.05, 3.63) is 28.6 Å². The number of anilines is 1. The Kier molecular flexibility index (Phi) is 3.91. The van der Waals surface area contributed by atoms with Gasteiger partial charge in [-0.25, -0.2) is 9.78 Å². The van der Waals surface area contributed by atoms with E-state index in [0.29, 0.717) is 17.4 Å². The molecule has 0 radical (unpaired) electrons. The fourth-order valence-electron chi connectivity index (χ4n) is 1.36. The Morgan fingerprint density at radius 2 is 2.32 bits per heavy atom. The summed E-state index contributed by atoms with van der Waals surface area (Å²) in [6, 6.07) is 1.70. The molecular formula is C11H11N3O4S. The highest BCUT2D eigenvalue weighted by molar-refractivity contribution is 7.17. The monoisotopic (exact) mass is 281 g/mol. The van der Waals surface area contributed by atoms with Gasteiger partial charge in [-0.1, -0.05) is 16.5 Å². The lowest BCUT2D eigenvalue weighted by Gasteiger charge is -1.97. The van der Waals surface area contributed by atoms with Crippen molar-refractivity contribution < 1.29 is 18.8 Å². The summed E-state index contributed by atoms with van der Waals surface area (Å²) in [5.74, 6) is -0.858. The van der Waals surface area contributed by atoms with Crippen LogP contribution in [0.3, 0.4) is 0 Å². The first-order chi connectivity index (χ1) is 9.11. The van der Waals surface area contributed by atoms with Gasteiger partial charge in [0.15, 0.2) is 16.6 Å². The zero-order valence-electron chi connectivity index (χ0n) is 10.3. The second kappa shape index (κ2) is 5.61. The highest BCUT2D eigenvalue weighted by Gasteiger charge is 2.21. The van der Waals surface area contributed by atoms with E-state index in [1.54, 1.807) is 6.07 Å². The summed E-state index contributed by atoms with van der Waals surface area (Å²) >= 11 is 1.10. The van der Waals surface area contributed by atoms with Gasteiger partial charge in [0, 0.05) is 13.0 Å². The molecule has 0 aliphatic rings. The summed E-state index contributed by atoms with van der Waals surface area (Å²) in [6.07, 6.45) is 1.46. The van der Waals surface area contributed by atoms with Gasteiger partial charge in [0.2, 0.25) is 0 Å². The fourth-order valence-corrected chi connectivity index (χ4v) is 2.21. The molecule has 0 aliphatic heterocycles. The smallest absolute Gasteiger partial charge is 0.358 e. The minimum atomic E-state index is -0.629. The molecule has 1 N–H and O–H groups in total. The Hall–Kier alpha value is -2.22. The summed E-state index contributed by atoms with van der Waals surface area (Å²) in [5.41, 5.74) is 0.724. The molecule has 2 aromatic heterocycles. The molecule has 0 spiro atoms. The van der Waals surface area contributed by atoms with Crippen LogP contribution in [0.15, 0.2) is 16.9 Å². The van der Waals surface area contributed by atoms with Crippen molar-refractivity contribution in [2.75, 3.05) is 12.4 Å². The van der Waals surface area contributed by atoms with Crippen LogP contribution in [-0.4, -0.2) is 29.0 Å². The SMILES string of the molecule is COC(=O)c1nc(NCc2ccon2)sc1C(C)=O. The minimum absolute atomic E-state index is 0.0302. The maximum absolute atomic E-state index is 11.5. The third kappa shape index (κ3) is 2.97. The molecule has 0 aliphatic carbocycles. The van der Waals surface area contributed by atoms with Gasteiger partial charge in [-0.15, -0.1) is 0 Å². The van der Waals surface area contributed by atoms with E-state index in [4.69, 9.17) is 4.52 Å². The molecule has 0 saturated carbocycles. The number of thiazole rings is 1. The molecule has 0 aromatic carbocycles. The number of hydrogen-bond acceptors (Lipinski definition) is 8. The number of ketones is 1. The van der Waals surface area contributed by atoms with Crippen LogP contribution >= 0.6 is 11.3 Å². The predicted molar refractivity (Wildman–Crippen MR) is 67.3 cm³/mol. The molecule has 0 saturated heterocycles. The first-order valence-corrected chi connectivity index (χ1v) is 6.16. The van der Waals surface area contributed by atoms with Gasteiger partial charge in [-0.05, 0) is 0 Å². The number of rotatable bonds is 5. The Bertz CT molecular complexity index is 591. The number of aromatic nitrogens is 2. The first kappa shape index (κ1) is 13.2. The molecule has 100 valence electrons. The van der Waals surface area contributed by atoms with Gasteiger partial charge >= 0.3 is 5.97 Å². The van der Waals surface area contributed by atoms with Gasteiger partial charge in [-0.2, -0.15) is 0 Å². The molecule has 19 heavy (non-hydrogen) atoms. The number of methoxy groups -OCH3 is 1. The maximum atomic E-state index is 11.5. The van der Waals surface area contributed by atoms with Crippen molar-refractivity contribution in [1.29, 1.82) is 0 Å². The number of nitrogens with zero attached hydrogens (tertiary/aromatic N) is 2. The molecule has 2 heterocycles. The third-order valence-electron chi connectivity index (χ3n) is 2.24. The zero-order valence-corrected chi connectivity index (χ0v) is 11.1. The van der Waals surface area contributed by atoms with Crippen LogP contribution in [0.5, 0.6) is 0 Å². The number of ether oxygens (including phenoxy) is 1. The Labute approximate surface area is 112 Å². The highest BCUT2D eigenvalue weighted by atomic mass is 32.1. The lowest BCUT2D eigenvalue weighted by Crippen LogP contribution is -2.07. The lowest BCUT2D eigenvalue weighted by atomic mass is 10.3. The molecule has 0 atom stereocenters. The molecule has 0 amide bonds. The zero-order chi connectivity index (χ0) is 13.8. The van der Waals surface area contributed by atoms with Gasteiger partial charge in [0.25, 0.3) is 0 Å². The largest absolute Gasteiger partial charge is 0.464 e. The molecule has 2 aromatic rings. The summed E-state index contributed by atoms with van der Waals surface area (Å²) in [4.78, 5) is 27.3.